The number of carbonyl (C=O) groups is 2. The standard InChI is InChI=1S/C12H12N2O3/c13-7-4-11(15)14(5-7)10-3-1-2-8-9(10)6-17-12(8)16/h1-3,7H,4-6,13H2. The Morgan fingerprint density at radius 1 is 1.35 bits per heavy atom. The van der Waals surface area contributed by atoms with E-state index in [-0.39, 0.29) is 24.5 Å². The van der Waals surface area contributed by atoms with Crippen LogP contribution >= 0.6 is 0 Å². The number of benzene rings is 1. The molecule has 88 valence electrons. The molecule has 0 aliphatic carbocycles. The van der Waals surface area contributed by atoms with Gasteiger partial charge in [0.05, 0.1) is 11.3 Å². The Balaban J connectivity index is 2.05. The molecule has 2 N–H and O–H groups in total. The van der Waals surface area contributed by atoms with Crippen LogP contribution < -0.4 is 10.6 Å². The largest absolute Gasteiger partial charge is 0.457 e. The normalized spacial score (nSPS) is 22.9. The van der Waals surface area contributed by atoms with Gasteiger partial charge in [0.15, 0.2) is 0 Å². The van der Waals surface area contributed by atoms with Gasteiger partial charge in [-0.25, -0.2) is 4.79 Å². The number of anilines is 1. The van der Waals surface area contributed by atoms with Crippen LogP contribution in [0.25, 0.3) is 0 Å². The summed E-state index contributed by atoms with van der Waals surface area (Å²) in [6, 6.07) is 5.18. The molecule has 2 heterocycles. The average Bonchev–Trinajstić information content (AvgIpc) is 2.83. The van der Waals surface area contributed by atoms with Gasteiger partial charge >= 0.3 is 5.97 Å². The Morgan fingerprint density at radius 3 is 2.88 bits per heavy atom. The van der Waals surface area contributed by atoms with Gasteiger partial charge in [0, 0.05) is 24.6 Å². The van der Waals surface area contributed by atoms with Crippen molar-refractivity contribution in [3.63, 3.8) is 0 Å². The van der Waals surface area contributed by atoms with Crippen LogP contribution in [0.4, 0.5) is 5.69 Å². The lowest BCUT2D eigenvalue weighted by molar-refractivity contribution is -0.117. The molecule has 0 bridgehead atoms. The van der Waals surface area contributed by atoms with Gasteiger partial charge in [-0.15, -0.1) is 0 Å². The van der Waals surface area contributed by atoms with Crippen molar-refractivity contribution in [3.05, 3.63) is 29.3 Å². The van der Waals surface area contributed by atoms with Crippen molar-refractivity contribution in [2.24, 2.45) is 5.73 Å². The zero-order valence-electron chi connectivity index (χ0n) is 9.18. The van der Waals surface area contributed by atoms with Crippen molar-refractivity contribution in [1.29, 1.82) is 0 Å². The van der Waals surface area contributed by atoms with Crippen LogP contribution in [0.3, 0.4) is 0 Å². The second-order valence-electron chi connectivity index (χ2n) is 4.35. The van der Waals surface area contributed by atoms with Crippen LogP contribution in [0.1, 0.15) is 22.3 Å². The minimum absolute atomic E-state index is 0.00486. The van der Waals surface area contributed by atoms with Crippen LogP contribution in [-0.4, -0.2) is 24.5 Å². The van der Waals surface area contributed by atoms with E-state index in [1.54, 1.807) is 17.0 Å². The molecule has 3 rings (SSSR count). The third-order valence-electron chi connectivity index (χ3n) is 3.16. The molecule has 0 spiro atoms. The number of cyclic esters (lactones) is 1. The number of amides is 1. The number of hydrogen-bond donors (Lipinski definition) is 1. The molecular weight excluding hydrogens is 220 g/mol. The minimum Gasteiger partial charge on any atom is -0.457 e. The summed E-state index contributed by atoms with van der Waals surface area (Å²) in [6.45, 7) is 0.743. The fraction of sp³-hybridized carbons (Fsp3) is 0.333. The molecule has 1 amide bonds. The predicted octanol–water partition coefficient (Wildman–Crippen LogP) is 0.421. The van der Waals surface area contributed by atoms with Crippen molar-refractivity contribution in [2.45, 2.75) is 19.1 Å². The van der Waals surface area contributed by atoms with Crippen LogP contribution in [0.15, 0.2) is 18.2 Å². The van der Waals surface area contributed by atoms with Crippen LogP contribution in [0, 0.1) is 0 Å². The van der Waals surface area contributed by atoms with E-state index in [1.165, 1.54) is 0 Å². The van der Waals surface area contributed by atoms with E-state index in [4.69, 9.17) is 10.5 Å². The van der Waals surface area contributed by atoms with E-state index in [0.717, 1.165) is 11.3 Å². The number of esters is 1. The number of rotatable bonds is 1. The quantitative estimate of drug-likeness (QED) is 0.712. The SMILES string of the molecule is NC1CC(=O)N(c2cccc3c2COC3=O)C1. The second kappa shape index (κ2) is 3.56. The third kappa shape index (κ3) is 1.51. The first-order valence-corrected chi connectivity index (χ1v) is 5.52. The maximum absolute atomic E-state index is 11.8. The van der Waals surface area contributed by atoms with E-state index in [2.05, 4.69) is 0 Å². The molecule has 5 nitrogen and oxygen atoms in total. The number of nitrogens with two attached hydrogens (primary N) is 1. The average molecular weight is 232 g/mol. The van der Waals surface area contributed by atoms with Gasteiger partial charge in [-0.3, -0.25) is 4.79 Å². The van der Waals surface area contributed by atoms with E-state index in [0.29, 0.717) is 18.5 Å². The first kappa shape index (κ1) is 10.3. The Labute approximate surface area is 98.1 Å². The van der Waals surface area contributed by atoms with E-state index < -0.39 is 0 Å². The Kier molecular flexibility index (Phi) is 2.16. The summed E-state index contributed by atoms with van der Waals surface area (Å²) in [7, 11) is 0. The van der Waals surface area contributed by atoms with Gasteiger partial charge in [-0.1, -0.05) is 6.07 Å². The first-order valence-electron chi connectivity index (χ1n) is 5.52. The number of ether oxygens (including phenoxy) is 1. The van der Waals surface area contributed by atoms with E-state index >= 15 is 0 Å². The lowest BCUT2D eigenvalue weighted by Gasteiger charge is -2.18. The summed E-state index contributed by atoms with van der Waals surface area (Å²) < 4.78 is 4.98. The molecule has 2 aliphatic rings. The second-order valence-corrected chi connectivity index (χ2v) is 4.35. The summed E-state index contributed by atoms with van der Waals surface area (Å²) in [5, 5.41) is 0. The van der Waals surface area contributed by atoms with Crippen molar-refractivity contribution >= 4 is 17.6 Å². The number of hydrogen-bond acceptors (Lipinski definition) is 4. The number of fused-ring (bicyclic) bond motifs is 1. The zero-order valence-corrected chi connectivity index (χ0v) is 9.18. The van der Waals surface area contributed by atoms with Gasteiger partial charge in [0.1, 0.15) is 6.61 Å². The van der Waals surface area contributed by atoms with E-state index in [9.17, 15) is 9.59 Å². The summed E-state index contributed by atoms with van der Waals surface area (Å²) in [4.78, 5) is 24.9. The lowest BCUT2D eigenvalue weighted by atomic mass is 10.1. The van der Waals surface area contributed by atoms with Crippen molar-refractivity contribution in [2.75, 3.05) is 11.4 Å². The van der Waals surface area contributed by atoms with Gasteiger partial charge in [-0.2, -0.15) is 0 Å². The molecule has 1 unspecified atom stereocenters. The smallest absolute Gasteiger partial charge is 0.338 e. The topological polar surface area (TPSA) is 72.6 Å². The Bertz CT molecular complexity index is 512. The highest BCUT2D eigenvalue weighted by molar-refractivity contribution is 6.01. The molecule has 1 aromatic carbocycles. The van der Waals surface area contributed by atoms with Crippen molar-refractivity contribution < 1.29 is 14.3 Å². The maximum Gasteiger partial charge on any atom is 0.338 e. The third-order valence-corrected chi connectivity index (χ3v) is 3.16. The highest BCUT2D eigenvalue weighted by atomic mass is 16.5. The summed E-state index contributed by atoms with van der Waals surface area (Å²) in [5.74, 6) is -0.317. The lowest BCUT2D eigenvalue weighted by Crippen LogP contribution is -2.28. The Hall–Kier alpha value is -1.88. The molecule has 0 aromatic heterocycles. The summed E-state index contributed by atoms with van der Waals surface area (Å²) in [5.41, 5.74) is 7.86. The molecule has 5 heteroatoms. The van der Waals surface area contributed by atoms with Crippen LogP contribution in [0.5, 0.6) is 0 Å². The molecule has 0 radical (unpaired) electrons. The Morgan fingerprint density at radius 2 is 2.18 bits per heavy atom. The van der Waals surface area contributed by atoms with Crippen molar-refractivity contribution in [3.8, 4) is 0 Å². The van der Waals surface area contributed by atoms with Crippen LogP contribution in [-0.2, 0) is 16.1 Å². The van der Waals surface area contributed by atoms with Crippen molar-refractivity contribution in [1.82, 2.24) is 0 Å². The van der Waals surface area contributed by atoms with Gasteiger partial charge in [0.2, 0.25) is 5.91 Å². The molecule has 1 saturated heterocycles. The predicted molar refractivity (Wildman–Crippen MR) is 60.5 cm³/mol. The van der Waals surface area contributed by atoms with Gasteiger partial charge in [0.25, 0.3) is 0 Å². The molecular formula is C12H12N2O3. The van der Waals surface area contributed by atoms with Gasteiger partial charge in [-0.05, 0) is 12.1 Å². The highest BCUT2D eigenvalue weighted by Crippen LogP contribution is 2.32. The van der Waals surface area contributed by atoms with Crippen LogP contribution in [0.2, 0.25) is 0 Å². The summed E-state index contributed by atoms with van der Waals surface area (Å²) >= 11 is 0. The molecule has 17 heavy (non-hydrogen) atoms. The fourth-order valence-electron chi connectivity index (χ4n) is 2.35. The zero-order chi connectivity index (χ0) is 12.0. The molecule has 2 aliphatic heterocycles. The molecule has 1 aromatic rings. The summed E-state index contributed by atoms with van der Waals surface area (Å²) in [6.07, 6.45) is 0.360. The fourth-order valence-corrected chi connectivity index (χ4v) is 2.35. The maximum atomic E-state index is 11.8. The highest BCUT2D eigenvalue weighted by Gasteiger charge is 2.32. The minimum atomic E-state index is -0.321. The number of nitrogens with zero attached hydrogens (tertiary/aromatic N) is 1. The molecule has 0 saturated carbocycles. The molecule has 1 atom stereocenters. The van der Waals surface area contributed by atoms with Gasteiger partial charge < -0.3 is 15.4 Å². The molecule has 1 fully saturated rings. The number of carbonyl (C=O) groups excluding carboxylic acids is 2. The first-order chi connectivity index (χ1) is 8.16. The van der Waals surface area contributed by atoms with E-state index in [1.807, 2.05) is 6.07 Å². The monoisotopic (exact) mass is 232 g/mol.